The number of carbonyl (C=O) groups excluding carboxylic acids is 1. The number of carbonyl (C=O) groups is 1. The van der Waals surface area contributed by atoms with Crippen molar-refractivity contribution in [3.8, 4) is 11.5 Å². The lowest BCUT2D eigenvalue weighted by Gasteiger charge is -1.94. The Hall–Kier alpha value is -2.38. The molecule has 0 aliphatic carbocycles. The zero-order valence-corrected chi connectivity index (χ0v) is 13.5. The summed E-state index contributed by atoms with van der Waals surface area (Å²) in [5.74, 6) is 0.807. The number of nitrogens with one attached hydrogen (secondary N) is 1. The molecule has 0 spiro atoms. The summed E-state index contributed by atoms with van der Waals surface area (Å²) in [5.41, 5.74) is 1.88. The number of nitrogens with zero attached hydrogens (tertiary/aromatic N) is 2. The molecule has 114 valence electrons. The number of H-pyrrole nitrogens is 1. The molecule has 7 heteroatoms. The van der Waals surface area contributed by atoms with Gasteiger partial charge in [-0.05, 0) is 17.5 Å². The molecule has 0 atom stereocenters. The van der Waals surface area contributed by atoms with Gasteiger partial charge < -0.3 is 9.40 Å². The van der Waals surface area contributed by atoms with Gasteiger partial charge in [0.25, 0.3) is 11.1 Å². The molecule has 0 bridgehead atoms. The van der Waals surface area contributed by atoms with Gasteiger partial charge in [0.1, 0.15) is 0 Å². The van der Waals surface area contributed by atoms with E-state index in [1.807, 2.05) is 48.0 Å². The van der Waals surface area contributed by atoms with Crippen LogP contribution in [0.4, 0.5) is 0 Å². The van der Waals surface area contributed by atoms with Crippen LogP contribution in [0.3, 0.4) is 0 Å². The maximum Gasteiger partial charge on any atom is 0.277 e. The standard InChI is InChI=1S/C16H11N3O2S2/c20-13(14-6-3-7-22-14)9-23-16-19-18-15(21-16)11-8-17-12-5-2-1-4-10(11)12/h1-8,17H,9H2. The van der Waals surface area contributed by atoms with E-state index in [0.29, 0.717) is 11.1 Å². The first-order chi connectivity index (χ1) is 11.3. The van der Waals surface area contributed by atoms with Crippen molar-refractivity contribution >= 4 is 39.8 Å². The Labute approximate surface area is 139 Å². The van der Waals surface area contributed by atoms with E-state index in [4.69, 9.17) is 4.42 Å². The number of thiophene rings is 1. The fraction of sp³-hybridized carbons (Fsp3) is 0.0625. The van der Waals surface area contributed by atoms with Gasteiger partial charge in [-0.25, -0.2) is 0 Å². The molecule has 5 nitrogen and oxygen atoms in total. The predicted molar refractivity (Wildman–Crippen MR) is 91.0 cm³/mol. The molecular formula is C16H11N3O2S2. The van der Waals surface area contributed by atoms with E-state index in [1.54, 1.807) is 0 Å². The molecular weight excluding hydrogens is 330 g/mol. The van der Waals surface area contributed by atoms with Crippen LogP contribution in [0.15, 0.2) is 57.6 Å². The van der Waals surface area contributed by atoms with Gasteiger partial charge in [-0.3, -0.25) is 4.79 Å². The monoisotopic (exact) mass is 341 g/mol. The summed E-state index contributed by atoms with van der Waals surface area (Å²) in [7, 11) is 0. The zero-order valence-electron chi connectivity index (χ0n) is 11.9. The number of aromatic amines is 1. The van der Waals surface area contributed by atoms with E-state index in [0.717, 1.165) is 21.3 Å². The Morgan fingerprint density at radius 2 is 2.13 bits per heavy atom. The van der Waals surface area contributed by atoms with Gasteiger partial charge in [0.05, 0.1) is 16.2 Å². The van der Waals surface area contributed by atoms with Gasteiger partial charge in [0.15, 0.2) is 5.78 Å². The molecule has 0 amide bonds. The number of Topliss-reactive ketones (excluding diaryl/α,β-unsaturated/α-hetero) is 1. The largest absolute Gasteiger partial charge is 0.411 e. The van der Waals surface area contributed by atoms with Gasteiger partial charge in [-0.1, -0.05) is 36.0 Å². The summed E-state index contributed by atoms with van der Waals surface area (Å²) in [6.45, 7) is 0. The third kappa shape index (κ3) is 2.80. The molecule has 4 aromatic rings. The van der Waals surface area contributed by atoms with Crippen LogP contribution in [0.1, 0.15) is 9.67 Å². The van der Waals surface area contributed by atoms with Gasteiger partial charge in [0.2, 0.25) is 0 Å². The lowest BCUT2D eigenvalue weighted by Crippen LogP contribution is -1.98. The lowest BCUT2D eigenvalue weighted by molar-refractivity contribution is 0.102. The predicted octanol–water partition coefficient (Wildman–Crippen LogP) is 4.25. The van der Waals surface area contributed by atoms with Crippen LogP contribution in [0, 0.1) is 0 Å². The summed E-state index contributed by atoms with van der Waals surface area (Å²) in [6.07, 6.45) is 1.85. The van der Waals surface area contributed by atoms with Gasteiger partial charge >= 0.3 is 0 Å². The molecule has 0 saturated carbocycles. The first-order valence-electron chi connectivity index (χ1n) is 6.91. The number of ketones is 1. The number of para-hydroxylation sites is 1. The van der Waals surface area contributed by atoms with Crippen LogP contribution in [-0.4, -0.2) is 26.7 Å². The molecule has 0 saturated heterocycles. The second-order valence-corrected chi connectivity index (χ2v) is 6.68. The van der Waals surface area contributed by atoms with Crippen molar-refractivity contribution < 1.29 is 9.21 Å². The van der Waals surface area contributed by atoms with Crippen LogP contribution < -0.4 is 0 Å². The van der Waals surface area contributed by atoms with Crippen molar-refractivity contribution in [2.45, 2.75) is 5.22 Å². The molecule has 1 N–H and O–H groups in total. The highest BCUT2D eigenvalue weighted by molar-refractivity contribution is 7.99. The van der Waals surface area contributed by atoms with Crippen LogP contribution in [0.5, 0.6) is 0 Å². The number of hydrogen-bond donors (Lipinski definition) is 1. The quantitative estimate of drug-likeness (QED) is 0.434. The Kier molecular flexibility index (Phi) is 3.72. The molecule has 0 aliphatic heterocycles. The van der Waals surface area contributed by atoms with Crippen molar-refractivity contribution in [1.82, 2.24) is 15.2 Å². The van der Waals surface area contributed by atoms with E-state index in [2.05, 4.69) is 15.2 Å². The van der Waals surface area contributed by atoms with Crippen LogP contribution in [-0.2, 0) is 0 Å². The summed E-state index contributed by atoms with van der Waals surface area (Å²) in [5, 5.41) is 11.4. The minimum atomic E-state index is 0.0665. The highest BCUT2D eigenvalue weighted by atomic mass is 32.2. The third-order valence-electron chi connectivity index (χ3n) is 3.35. The summed E-state index contributed by atoms with van der Waals surface area (Å²) in [4.78, 5) is 15.9. The average Bonchev–Trinajstić information content (AvgIpc) is 3.31. The minimum absolute atomic E-state index is 0.0665. The van der Waals surface area contributed by atoms with E-state index >= 15 is 0 Å². The number of rotatable bonds is 5. The fourth-order valence-corrected chi connectivity index (χ4v) is 3.66. The molecule has 23 heavy (non-hydrogen) atoms. The highest BCUT2D eigenvalue weighted by Crippen LogP contribution is 2.29. The molecule has 3 aromatic heterocycles. The van der Waals surface area contributed by atoms with Crippen LogP contribution >= 0.6 is 23.1 Å². The maximum absolute atomic E-state index is 12.0. The zero-order chi connectivity index (χ0) is 15.6. The molecule has 1 aromatic carbocycles. The average molecular weight is 341 g/mol. The minimum Gasteiger partial charge on any atom is -0.411 e. The van der Waals surface area contributed by atoms with Gasteiger partial charge in [0, 0.05) is 17.1 Å². The van der Waals surface area contributed by atoms with Crippen molar-refractivity contribution in [2.75, 3.05) is 5.75 Å². The highest BCUT2D eigenvalue weighted by Gasteiger charge is 2.15. The molecule has 0 unspecified atom stereocenters. The van der Waals surface area contributed by atoms with E-state index in [9.17, 15) is 4.79 Å². The molecule has 0 radical (unpaired) electrons. The molecule has 4 rings (SSSR count). The van der Waals surface area contributed by atoms with Crippen molar-refractivity contribution in [1.29, 1.82) is 0 Å². The van der Waals surface area contributed by atoms with Gasteiger partial charge in [-0.2, -0.15) is 0 Å². The van der Waals surface area contributed by atoms with E-state index in [1.165, 1.54) is 23.1 Å². The maximum atomic E-state index is 12.0. The fourth-order valence-electron chi connectivity index (χ4n) is 2.26. The Balaban J connectivity index is 1.52. The normalized spacial score (nSPS) is 11.1. The SMILES string of the molecule is O=C(CSc1nnc(-c2c[nH]c3ccccc23)o1)c1cccs1. The second-order valence-electron chi connectivity index (χ2n) is 4.81. The molecule has 0 fully saturated rings. The van der Waals surface area contributed by atoms with Crippen LogP contribution in [0.25, 0.3) is 22.4 Å². The Morgan fingerprint density at radius 1 is 1.22 bits per heavy atom. The van der Waals surface area contributed by atoms with E-state index in [-0.39, 0.29) is 11.5 Å². The second kappa shape index (κ2) is 6.02. The first-order valence-corrected chi connectivity index (χ1v) is 8.77. The van der Waals surface area contributed by atoms with Crippen molar-refractivity contribution in [3.05, 3.63) is 52.9 Å². The van der Waals surface area contributed by atoms with Gasteiger partial charge in [-0.15, -0.1) is 21.5 Å². The smallest absolute Gasteiger partial charge is 0.277 e. The number of thioether (sulfide) groups is 1. The molecule has 3 heterocycles. The number of aromatic nitrogens is 3. The Bertz CT molecular complexity index is 957. The summed E-state index contributed by atoms with van der Waals surface area (Å²) in [6, 6.07) is 11.6. The lowest BCUT2D eigenvalue weighted by atomic mass is 10.2. The summed E-state index contributed by atoms with van der Waals surface area (Å²) >= 11 is 2.69. The summed E-state index contributed by atoms with van der Waals surface area (Å²) < 4.78 is 5.68. The first kappa shape index (κ1) is 14.2. The van der Waals surface area contributed by atoms with E-state index < -0.39 is 0 Å². The topological polar surface area (TPSA) is 71.8 Å². The molecule has 0 aliphatic rings. The van der Waals surface area contributed by atoms with Crippen molar-refractivity contribution in [3.63, 3.8) is 0 Å². The Morgan fingerprint density at radius 3 is 3.00 bits per heavy atom. The number of hydrogen-bond acceptors (Lipinski definition) is 6. The number of fused-ring (bicyclic) bond motifs is 1. The van der Waals surface area contributed by atoms with Crippen molar-refractivity contribution in [2.24, 2.45) is 0 Å². The van der Waals surface area contributed by atoms with Crippen LogP contribution in [0.2, 0.25) is 0 Å². The number of benzene rings is 1. The third-order valence-corrected chi connectivity index (χ3v) is 5.08.